The van der Waals surface area contributed by atoms with Gasteiger partial charge < -0.3 is 4.74 Å². The SMILES string of the molecule is COc1ccc(C(Br)c2cccc(Br)c2Cl)c(Br)c1. The monoisotopic (exact) mass is 466 g/mol. The van der Waals surface area contributed by atoms with Crippen LogP contribution >= 0.6 is 59.4 Å². The number of hydrogen-bond acceptors (Lipinski definition) is 1. The summed E-state index contributed by atoms with van der Waals surface area (Å²) < 4.78 is 7.07. The van der Waals surface area contributed by atoms with Crippen LogP contribution in [0.15, 0.2) is 45.3 Å². The first-order valence-electron chi connectivity index (χ1n) is 5.46. The number of methoxy groups -OCH3 is 1. The summed E-state index contributed by atoms with van der Waals surface area (Å²) in [5, 5.41) is 0.715. The maximum atomic E-state index is 6.33. The molecule has 0 N–H and O–H groups in total. The van der Waals surface area contributed by atoms with Crippen molar-refractivity contribution in [3.63, 3.8) is 0 Å². The molecule has 1 atom stereocenters. The van der Waals surface area contributed by atoms with Gasteiger partial charge >= 0.3 is 0 Å². The van der Waals surface area contributed by atoms with Crippen molar-refractivity contribution in [3.8, 4) is 5.75 Å². The van der Waals surface area contributed by atoms with Gasteiger partial charge in [-0.05, 0) is 45.3 Å². The number of halogens is 4. The molecule has 1 nitrogen and oxygen atoms in total. The Kier molecular flexibility index (Phi) is 5.35. The van der Waals surface area contributed by atoms with Crippen molar-refractivity contribution < 1.29 is 4.74 Å². The summed E-state index contributed by atoms with van der Waals surface area (Å²) in [6.07, 6.45) is 0. The van der Waals surface area contributed by atoms with Gasteiger partial charge in [-0.25, -0.2) is 0 Å². The molecule has 0 amide bonds. The molecule has 0 bridgehead atoms. The van der Waals surface area contributed by atoms with Crippen molar-refractivity contribution in [3.05, 3.63) is 61.5 Å². The van der Waals surface area contributed by atoms with Gasteiger partial charge in [-0.2, -0.15) is 0 Å². The van der Waals surface area contributed by atoms with E-state index in [1.807, 2.05) is 36.4 Å². The smallest absolute Gasteiger partial charge is 0.120 e. The second-order valence-electron chi connectivity index (χ2n) is 3.89. The van der Waals surface area contributed by atoms with Crippen LogP contribution in [0.2, 0.25) is 5.02 Å². The molecule has 2 aromatic rings. The van der Waals surface area contributed by atoms with Crippen molar-refractivity contribution in [2.45, 2.75) is 4.83 Å². The minimum Gasteiger partial charge on any atom is -0.497 e. The van der Waals surface area contributed by atoms with Crippen LogP contribution in [0.25, 0.3) is 0 Å². The summed E-state index contributed by atoms with van der Waals surface area (Å²) in [7, 11) is 1.65. The van der Waals surface area contributed by atoms with Crippen molar-refractivity contribution in [1.29, 1.82) is 0 Å². The number of rotatable bonds is 3. The van der Waals surface area contributed by atoms with Crippen molar-refractivity contribution >= 4 is 59.4 Å². The summed E-state index contributed by atoms with van der Waals surface area (Å²) in [5.74, 6) is 0.815. The van der Waals surface area contributed by atoms with E-state index >= 15 is 0 Å². The Morgan fingerprint density at radius 3 is 2.42 bits per heavy atom. The molecule has 0 heterocycles. The van der Waals surface area contributed by atoms with Crippen LogP contribution in [0.5, 0.6) is 5.75 Å². The average Bonchev–Trinajstić information content (AvgIpc) is 2.41. The van der Waals surface area contributed by atoms with Gasteiger partial charge in [0, 0.05) is 8.95 Å². The zero-order chi connectivity index (χ0) is 14.0. The third-order valence-electron chi connectivity index (χ3n) is 2.74. The Labute approximate surface area is 142 Å². The summed E-state index contributed by atoms with van der Waals surface area (Å²) in [6.45, 7) is 0. The molecule has 0 aliphatic rings. The molecule has 0 saturated carbocycles. The first-order chi connectivity index (χ1) is 9.04. The second-order valence-corrected chi connectivity index (χ2v) is 6.90. The standard InChI is InChI=1S/C14H10Br3ClO/c1-19-8-5-6-9(12(16)7-8)13(17)10-3-2-4-11(15)14(10)18/h2-7,13H,1H3. The van der Waals surface area contributed by atoms with Gasteiger partial charge in [-0.3, -0.25) is 0 Å². The number of hydrogen-bond donors (Lipinski definition) is 0. The largest absolute Gasteiger partial charge is 0.497 e. The Bertz CT molecular complexity index is 601. The van der Waals surface area contributed by atoms with E-state index in [2.05, 4.69) is 47.8 Å². The molecule has 5 heteroatoms. The van der Waals surface area contributed by atoms with Crippen LogP contribution in [0.1, 0.15) is 16.0 Å². The molecule has 1 unspecified atom stereocenters. The Balaban J connectivity index is 2.44. The van der Waals surface area contributed by atoms with E-state index in [1.54, 1.807) is 7.11 Å². The molecule has 0 aliphatic carbocycles. The average molecular weight is 469 g/mol. The Morgan fingerprint density at radius 2 is 1.79 bits per heavy atom. The lowest BCUT2D eigenvalue weighted by atomic mass is 10.0. The van der Waals surface area contributed by atoms with Gasteiger partial charge in [0.25, 0.3) is 0 Å². The highest BCUT2D eigenvalue weighted by Gasteiger charge is 2.17. The van der Waals surface area contributed by atoms with Crippen LogP contribution in [0.4, 0.5) is 0 Å². The third-order valence-corrected chi connectivity index (χ3v) is 5.72. The van der Waals surface area contributed by atoms with Crippen LogP contribution in [0.3, 0.4) is 0 Å². The third kappa shape index (κ3) is 3.35. The first kappa shape index (κ1) is 15.4. The van der Waals surface area contributed by atoms with E-state index in [4.69, 9.17) is 16.3 Å². The normalized spacial score (nSPS) is 12.3. The minimum atomic E-state index is 0.0118. The van der Waals surface area contributed by atoms with Crippen LogP contribution in [-0.2, 0) is 0 Å². The molecule has 0 aromatic heterocycles. The fourth-order valence-corrected chi connectivity index (χ4v) is 4.15. The highest BCUT2D eigenvalue weighted by Crippen LogP contribution is 2.41. The molecular formula is C14H10Br3ClO. The molecule has 0 aliphatic heterocycles. The molecule has 2 aromatic carbocycles. The molecule has 0 radical (unpaired) electrons. The van der Waals surface area contributed by atoms with Gasteiger partial charge in [-0.1, -0.05) is 61.7 Å². The van der Waals surface area contributed by atoms with Crippen molar-refractivity contribution in [1.82, 2.24) is 0 Å². The van der Waals surface area contributed by atoms with E-state index in [0.29, 0.717) is 5.02 Å². The molecule has 100 valence electrons. The number of ether oxygens (including phenoxy) is 1. The predicted molar refractivity (Wildman–Crippen MR) is 90.6 cm³/mol. The summed E-state index contributed by atoms with van der Waals surface area (Å²) in [6, 6.07) is 11.8. The quantitative estimate of drug-likeness (QED) is 0.476. The molecule has 19 heavy (non-hydrogen) atoms. The minimum absolute atomic E-state index is 0.0118. The number of alkyl halides is 1. The van der Waals surface area contributed by atoms with Gasteiger partial charge in [0.15, 0.2) is 0 Å². The first-order valence-corrected chi connectivity index (χ1v) is 8.34. The lowest BCUT2D eigenvalue weighted by Gasteiger charge is -2.15. The fourth-order valence-electron chi connectivity index (χ4n) is 1.72. The van der Waals surface area contributed by atoms with Crippen LogP contribution in [0, 0.1) is 0 Å². The Morgan fingerprint density at radius 1 is 1.05 bits per heavy atom. The van der Waals surface area contributed by atoms with E-state index in [0.717, 1.165) is 25.8 Å². The van der Waals surface area contributed by atoms with Crippen molar-refractivity contribution in [2.75, 3.05) is 7.11 Å². The van der Waals surface area contributed by atoms with Gasteiger partial charge in [0.05, 0.1) is 17.0 Å². The second kappa shape index (κ2) is 6.61. The Hall–Kier alpha value is -0.0300. The van der Waals surface area contributed by atoms with E-state index in [1.165, 1.54) is 0 Å². The summed E-state index contributed by atoms with van der Waals surface area (Å²) in [5.41, 5.74) is 2.11. The van der Waals surface area contributed by atoms with Crippen molar-refractivity contribution in [2.24, 2.45) is 0 Å². The van der Waals surface area contributed by atoms with E-state index in [-0.39, 0.29) is 4.83 Å². The molecule has 0 saturated heterocycles. The summed E-state index contributed by atoms with van der Waals surface area (Å²) >= 11 is 17.0. The lowest BCUT2D eigenvalue weighted by Crippen LogP contribution is -1.96. The molecule has 2 rings (SSSR count). The van der Waals surface area contributed by atoms with E-state index in [9.17, 15) is 0 Å². The molecule has 0 spiro atoms. The zero-order valence-corrected chi connectivity index (χ0v) is 15.5. The number of benzene rings is 2. The maximum absolute atomic E-state index is 6.33. The van der Waals surface area contributed by atoms with Gasteiger partial charge in [-0.15, -0.1) is 0 Å². The lowest BCUT2D eigenvalue weighted by molar-refractivity contribution is 0.414. The van der Waals surface area contributed by atoms with E-state index < -0.39 is 0 Å². The van der Waals surface area contributed by atoms with Crippen LogP contribution in [-0.4, -0.2) is 7.11 Å². The van der Waals surface area contributed by atoms with Gasteiger partial charge in [0.2, 0.25) is 0 Å². The maximum Gasteiger partial charge on any atom is 0.120 e. The highest BCUT2D eigenvalue weighted by atomic mass is 79.9. The van der Waals surface area contributed by atoms with Gasteiger partial charge in [0.1, 0.15) is 5.75 Å². The summed E-state index contributed by atoms with van der Waals surface area (Å²) in [4.78, 5) is 0.0118. The zero-order valence-electron chi connectivity index (χ0n) is 9.96. The predicted octanol–water partition coefficient (Wildman–Crippen LogP) is 6.36. The molecular weight excluding hydrogens is 459 g/mol. The molecule has 0 fully saturated rings. The highest BCUT2D eigenvalue weighted by molar-refractivity contribution is 9.11. The fraction of sp³-hybridized carbons (Fsp3) is 0.143. The topological polar surface area (TPSA) is 9.23 Å². The van der Waals surface area contributed by atoms with Crippen LogP contribution < -0.4 is 4.74 Å².